The van der Waals surface area contributed by atoms with Crippen molar-refractivity contribution in [2.24, 2.45) is 0 Å². The van der Waals surface area contributed by atoms with Crippen molar-refractivity contribution in [3.8, 4) is 11.5 Å². The van der Waals surface area contributed by atoms with E-state index in [1.807, 2.05) is 32.9 Å². The molecule has 0 aromatic heterocycles. The van der Waals surface area contributed by atoms with E-state index in [4.69, 9.17) is 9.47 Å². The molecule has 152 valence electrons. The molecule has 2 aromatic rings. The average molecular weight is 407 g/mol. The maximum Gasteiger partial charge on any atom is 0.242 e. The van der Waals surface area contributed by atoms with Crippen LogP contribution in [0.5, 0.6) is 11.5 Å². The number of nitrogens with one attached hydrogen (secondary N) is 2. The summed E-state index contributed by atoms with van der Waals surface area (Å²) in [5.41, 5.74) is 3.62. The van der Waals surface area contributed by atoms with Gasteiger partial charge in [-0.25, -0.2) is 8.42 Å². The van der Waals surface area contributed by atoms with Crippen molar-refractivity contribution in [1.29, 1.82) is 0 Å². The summed E-state index contributed by atoms with van der Waals surface area (Å²) in [6, 6.07) is 7.18. The Morgan fingerprint density at radius 2 is 1.54 bits per heavy atom. The smallest absolute Gasteiger partial charge is 0.242 e. The second-order valence-electron chi connectivity index (χ2n) is 6.62. The van der Waals surface area contributed by atoms with Gasteiger partial charge in [0.25, 0.3) is 0 Å². The van der Waals surface area contributed by atoms with Crippen LogP contribution in [0.15, 0.2) is 35.2 Å². The highest BCUT2D eigenvalue weighted by atomic mass is 32.2. The number of hydrogen-bond donors (Lipinski definition) is 2. The van der Waals surface area contributed by atoms with Gasteiger partial charge in [0.1, 0.15) is 0 Å². The van der Waals surface area contributed by atoms with E-state index in [0.29, 0.717) is 11.4 Å². The van der Waals surface area contributed by atoms with Crippen molar-refractivity contribution >= 4 is 21.6 Å². The van der Waals surface area contributed by atoms with Gasteiger partial charge in [-0.3, -0.25) is 4.79 Å². The number of anilines is 1. The maximum absolute atomic E-state index is 12.7. The average Bonchev–Trinajstić information content (AvgIpc) is 2.63. The Balaban J connectivity index is 2.19. The molecule has 0 aliphatic rings. The summed E-state index contributed by atoms with van der Waals surface area (Å²) in [4.78, 5) is 12.5. The molecule has 0 unspecified atom stereocenters. The Kier molecular flexibility index (Phi) is 6.69. The molecule has 7 nitrogen and oxygen atoms in total. The van der Waals surface area contributed by atoms with Crippen molar-refractivity contribution < 1.29 is 22.7 Å². The first-order chi connectivity index (χ1) is 13.1. The molecule has 1 amide bonds. The molecule has 2 rings (SSSR count). The minimum absolute atomic E-state index is 0.0208. The fourth-order valence-corrected chi connectivity index (χ4v) is 4.16. The van der Waals surface area contributed by atoms with E-state index < -0.39 is 22.0 Å². The van der Waals surface area contributed by atoms with Crippen molar-refractivity contribution in [2.75, 3.05) is 19.5 Å². The van der Waals surface area contributed by atoms with Crippen molar-refractivity contribution in [1.82, 2.24) is 4.72 Å². The number of methoxy groups -OCH3 is 2. The monoisotopic (exact) mass is 406 g/mol. The minimum atomic E-state index is -3.93. The van der Waals surface area contributed by atoms with Gasteiger partial charge in [-0.1, -0.05) is 17.7 Å². The lowest BCUT2D eigenvalue weighted by Crippen LogP contribution is -2.41. The lowest BCUT2D eigenvalue weighted by Gasteiger charge is -2.18. The molecule has 0 saturated carbocycles. The zero-order valence-corrected chi connectivity index (χ0v) is 17.7. The molecule has 0 bridgehead atoms. The summed E-state index contributed by atoms with van der Waals surface area (Å²) in [6.07, 6.45) is 0. The van der Waals surface area contributed by atoms with Gasteiger partial charge >= 0.3 is 0 Å². The standard InChI is InChI=1S/C20H26N2O5S/c1-12-9-13(2)19(14(3)10-12)21-20(23)15(4)22-28(24,25)16-7-8-17(26-5)18(11-16)27-6/h7-11,15,22H,1-6H3,(H,21,23)/t15-/m0/s1. The third-order valence-corrected chi connectivity index (χ3v) is 5.85. The third-order valence-electron chi connectivity index (χ3n) is 4.32. The van der Waals surface area contributed by atoms with Gasteiger partial charge in [0.2, 0.25) is 15.9 Å². The zero-order valence-electron chi connectivity index (χ0n) is 16.9. The number of carbonyl (C=O) groups is 1. The summed E-state index contributed by atoms with van der Waals surface area (Å²) in [7, 11) is -1.04. The highest BCUT2D eigenvalue weighted by Crippen LogP contribution is 2.29. The van der Waals surface area contributed by atoms with Crippen molar-refractivity contribution in [3.05, 3.63) is 47.0 Å². The summed E-state index contributed by atoms with van der Waals surface area (Å²) in [5.74, 6) is 0.255. The molecule has 1 atom stereocenters. The quantitative estimate of drug-likeness (QED) is 0.737. The van der Waals surface area contributed by atoms with Crippen LogP contribution < -0.4 is 19.5 Å². The van der Waals surface area contributed by atoms with E-state index in [2.05, 4.69) is 10.0 Å². The number of hydrogen-bond acceptors (Lipinski definition) is 5. The van der Waals surface area contributed by atoms with Gasteiger partial charge in [0.15, 0.2) is 11.5 Å². The largest absolute Gasteiger partial charge is 0.493 e. The second kappa shape index (κ2) is 8.62. The molecule has 2 N–H and O–H groups in total. The fraction of sp³-hybridized carbons (Fsp3) is 0.350. The van der Waals surface area contributed by atoms with Crippen molar-refractivity contribution in [3.63, 3.8) is 0 Å². The molecule has 0 aliphatic carbocycles. The minimum Gasteiger partial charge on any atom is -0.493 e. The first-order valence-electron chi connectivity index (χ1n) is 8.72. The first-order valence-corrected chi connectivity index (χ1v) is 10.2. The number of amides is 1. The third kappa shape index (κ3) is 4.82. The van der Waals surface area contributed by atoms with Crippen LogP contribution in [0.1, 0.15) is 23.6 Å². The van der Waals surface area contributed by atoms with Gasteiger partial charge in [-0.15, -0.1) is 0 Å². The van der Waals surface area contributed by atoms with Gasteiger partial charge in [0.05, 0.1) is 25.2 Å². The molecule has 0 fully saturated rings. The van der Waals surface area contributed by atoms with E-state index in [9.17, 15) is 13.2 Å². The van der Waals surface area contributed by atoms with E-state index in [1.54, 1.807) is 0 Å². The van der Waals surface area contributed by atoms with E-state index in [-0.39, 0.29) is 10.6 Å². The number of benzene rings is 2. The normalized spacial score (nSPS) is 12.4. The highest BCUT2D eigenvalue weighted by Gasteiger charge is 2.24. The lowest BCUT2D eigenvalue weighted by atomic mass is 10.0. The fourth-order valence-electron chi connectivity index (χ4n) is 2.95. The van der Waals surface area contributed by atoms with Gasteiger partial charge in [0, 0.05) is 11.8 Å². The lowest BCUT2D eigenvalue weighted by molar-refractivity contribution is -0.117. The molecule has 0 aliphatic heterocycles. The summed E-state index contributed by atoms with van der Waals surface area (Å²) >= 11 is 0. The number of sulfonamides is 1. The molecule has 28 heavy (non-hydrogen) atoms. The molecular weight excluding hydrogens is 380 g/mol. The van der Waals surface area contributed by atoms with Crippen LogP contribution in [0.2, 0.25) is 0 Å². The summed E-state index contributed by atoms with van der Waals surface area (Å²) in [5, 5.41) is 2.81. The summed E-state index contributed by atoms with van der Waals surface area (Å²) < 4.78 is 38.0. The Morgan fingerprint density at radius 1 is 0.964 bits per heavy atom. The number of ether oxygens (including phenoxy) is 2. The van der Waals surface area contributed by atoms with E-state index in [1.165, 1.54) is 39.3 Å². The molecule has 0 heterocycles. The Morgan fingerprint density at radius 3 is 2.07 bits per heavy atom. The first kappa shape index (κ1) is 21.7. The van der Waals surface area contributed by atoms with Crippen LogP contribution >= 0.6 is 0 Å². The maximum atomic E-state index is 12.7. The number of carbonyl (C=O) groups excluding carboxylic acids is 1. The Bertz CT molecular complexity index is 963. The van der Waals surface area contributed by atoms with Gasteiger partial charge in [-0.05, 0) is 51.0 Å². The molecular formula is C20H26N2O5S. The van der Waals surface area contributed by atoms with Gasteiger partial charge in [-0.2, -0.15) is 4.72 Å². The number of aryl methyl sites for hydroxylation is 3. The number of rotatable bonds is 7. The molecule has 2 aromatic carbocycles. The van der Waals surface area contributed by atoms with Crippen LogP contribution in [-0.2, 0) is 14.8 Å². The highest BCUT2D eigenvalue weighted by molar-refractivity contribution is 7.89. The predicted molar refractivity (Wildman–Crippen MR) is 109 cm³/mol. The van der Waals surface area contributed by atoms with Crippen LogP contribution in [0, 0.1) is 20.8 Å². The van der Waals surface area contributed by atoms with Gasteiger partial charge < -0.3 is 14.8 Å². The second-order valence-corrected chi connectivity index (χ2v) is 8.34. The summed E-state index contributed by atoms with van der Waals surface area (Å²) in [6.45, 7) is 7.26. The van der Waals surface area contributed by atoms with Crippen LogP contribution in [-0.4, -0.2) is 34.6 Å². The van der Waals surface area contributed by atoms with E-state index in [0.717, 1.165) is 16.7 Å². The molecule has 8 heteroatoms. The molecule has 0 spiro atoms. The van der Waals surface area contributed by atoms with Crippen LogP contribution in [0.3, 0.4) is 0 Å². The topological polar surface area (TPSA) is 93.7 Å². The SMILES string of the molecule is COc1ccc(S(=O)(=O)N[C@@H](C)C(=O)Nc2c(C)cc(C)cc2C)cc1OC. The molecule has 0 radical (unpaired) electrons. The Hall–Kier alpha value is -2.58. The Labute approximate surface area is 166 Å². The van der Waals surface area contributed by atoms with E-state index >= 15 is 0 Å². The van der Waals surface area contributed by atoms with Crippen molar-refractivity contribution in [2.45, 2.75) is 38.6 Å². The zero-order chi connectivity index (χ0) is 21.1. The predicted octanol–water partition coefficient (Wildman–Crippen LogP) is 2.93. The van der Waals surface area contributed by atoms with Crippen LogP contribution in [0.25, 0.3) is 0 Å². The molecule has 0 saturated heterocycles. The van der Waals surface area contributed by atoms with Crippen LogP contribution in [0.4, 0.5) is 5.69 Å².